The fourth-order valence-corrected chi connectivity index (χ4v) is 5.75. The number of halogens is 1. The van der Waals surface area contributed by atoms with E-state index in [1.807, 2.05) is 44.2 Å². The van der Waals surface area contributed by atoms with Crippen LogP contribution in [0.25, 0.3) is 0 Å². The predicted molar refractivity (Wildman–Crippen MR) is 187 cm³/mol. The van der Waals surface area contributed by atoms with Crippen molar-refractivity contribution in [2.45, 2.75) is 57.7 Å². The van der Waals surface area contributed by atoms with Gasteiger partial charge in [0.05, 0.1) is 24.6 Å². The highest BCUT2D eigenvalue weighted by molar-refractivity contribution is 6.01. The Hall–Kier alpha value is -5.26. The summed E-state index contributed by atoms with van der Waals surface area (Å²) in [5.74, 6) is -2.74. The summed E-state index contributed by atoms with van der Waals surface area (Å²) < 4.78 is 19.5. The molecule has 3 aromatic rings. The molecule has 50 heavy (non-hydrogen) atoms. The van der Waals surface area contributed by atoms with Crippen LogP contribution in [0, 0.1) is 11.7 Å². The zero-order valence-corrected chi connectivity index (χ0v) is 29.0. The van der Waals surface area contributed by atoms with Crippen LogP contribution in [0.2, 0.25) is 0 Å². The molecule has 3 N–H and O–H groups in total. The van der Waals surface area contributed by atoms with Crippen LogP contribution in [0.4, 0.5) is 4.39 Å². The summed E-state index contributed by atoms with van der Waals surface area (Å²) >= 11 is 0. The first-order valence-electron chi connectivity index (χ1n) is 16.8. The Kier molecular flexibility index (Phi) is 13.5. The van der Waals surface area contributed by atoms with Gasteiger partial charge in [0.25, 0.3) is 5.91 Å². The fourth-order valence-electron chi connectivity index (χ4n) is 5.75. The van der Waals surface area contributed by atoms with Crippen molar-refractivity contribution >= 4 is 29.5 Å². The van der Waals surface area contributed by atoms with Gasteiger partial charge >= 0.3 is 0 Å². The van der Waals surface area contributed by atoms with Crippen molar-refractivity contribution in [2.24, 2.45) is 5.92 Å². The number of amides is 5. The molecular weight excluding hydrogens is 641 g/mol. The predicted octanol–water partition coefficient (Wildman–Crippen LogP) is 3.12. The molecule has 0 aliphatic carbocycles. The molecular formula is C38H46FN5O6. The number of nitrogens with zero attached hydrogens (tertiary/aromatic N) is 2. The Morgan fingerprint density at radius 3 is 2.30 bits per heavy atom. The van der Waals surface area contributed by atoms with Gasteiger partial charge in [0.15, 0.2) is 0 Å². The quantitative estimate of drug-likeness (QED) is 0.333. The van der Waals surface area contributed by atoms with Crippen LogP contribution < -0.4 is 20.7 Å². The first kappa shape index (κ1) is 37.6. The average Bonchev–Trinajstić information content (AvgIpc) is 3.09. The van der Waals surface area contributed by atoms with Crippen molar-refractivity contribution in [3.63, 3.8) is 0 Å². The summed E-state index contributed by atoms with van der Waals surface area (Å²) in [6.45, 7) is 3.77. The van der Waals surface area contributed by atoms with Crippen molar-refractivity contribution in [3.8, 4) is 5.75 Å². The molecule has 0 bridgehead atoms. The summed E-state index contributed by atoms with van der Waals surface area (Å²) in [7, 11) is 3.00. The van der Waals surface area contributed by atoms with Crippen LogP contribution in [0.15, 0.2) is 78.9 Å². The Labute approximate surface area is 292 Å². The van der Waals surface area contributed by atoms with Gasteiger partial charge in [0.2, 0.25) is 23.6 Å². The van der Waals surface area contributed by atoms with Crippen molar-refractivity contribution in [3.05, 3.63) is 101 Å². The number of ether oxygens (including phenoxy) is 1. The van der Waals surface area contributed by atoms with Crippen LogP contribution in [-0.2, 0) is 32.0 Å². The summed E-state index contributed by atoms with van der Waals surface area (Å²) in [5.41, 5.74) is 1.89. The Morgan fingerprint density at radius 2 is 1.60 bits per heavy atom. The van der Waals surface area contributed by atoms with Gasteiger partial charge in [0.1, 0.15) is 30.3 Å². The molecule has 1 aliphatic rings. The second kappa shape index (κ2) is 17.9. The van der Waals surface area contributed by atoms with Gasteiger partial charge in [-0.2, -0.15) is 0 Å². The van der Waals surface area contributed by atoms with E-state index < -0.39 is 54.1 Å². The van der Waals surface area contributed by atoms with Crippen molar-refractivity contribution < 1.29 is 33.1 Å². The molecule has 5 amide bonds. The molecule has 1 heterocycles. The molecule has 3 aromatic carbocycles. The topological polar surface area (TPSA) is 137 Å². The second-order valence-electron chi connectivity index (χ2n) is 13.0. The normalized spacial score (nSPS) is 19.6. The standard InChI is InChI=1S/C38H46FN5O6/c1-25(2)20-32-38(49)43(3)23-34(45)41-29(21-27-10-6-5-7-11-27)24-50-33-13-9-8-12-30(33)36(47)42-31(22-35(46)44(32)4)37(48)40-19-18-26-14-16-28(39)17-15-26/h5-17,25,29,31-32H,18-24H2,1-4H3,(H,40,48)(H,41,45)(H,42,47)/t29-,31+,32+/m1/s1. The lowest BCUT2D eigenvalue weighted by molar-refractivity contribution is -0.146. The van der Waals surface area contributed by atoms with Crippen LogP contribution in [0.5, 0.6) is 5.75 Å². The van der Waals surface area contributed by atoms with E-state index in [9.17, 15) is 28.4 Å². The smallest absolute Gasteiger partial charge is 0.255 e. The van der Waals surface area contributed by atoms with Crippen molar-refractivity contribution in [1.82, 2.24) is 25.8 Å². The second-order valence-corrected chi connectivity index (χ2v) is 13.0. The minimum atomic E-state index is -1.30. The zero-order valence-electron chi connectivity index (χ0n) is 29.0. The lowest BCUT2D eigenvalue weighted by atomic mass is 10.0. The van der Waals surface area contributed by atoms with Gasteiger partial charge in [-0.05, 0) is 60.6 Å². The number of nitrogens with one attached hydrogen (secondary N) is 3. The fraction of sp³-hybridized carbons (Fsp3) is 0.395. The first-order valence-corrected chi connectivity index (χ1v) is 16.8. The molecule has 0 saturated heterocycles. The Balaban J connectivity index is 1.65. The van der Waals surface area contributed by atoms with E-state index in [1.165, 1.54) is 36.0 Å². The number of hydrogen-bond acceptors (Lipinski definition) is 6. The molecule has 12 heteroatoms. The molecule has 0 saturated carbocycles. The molecule has 0 unspecified atom stereocenters. The van der Waals surface area contributed by atoms with Gasteiger partial charge in [0, 0.05) is 20.6 Å². The Bertz CT molecular complexity index is 1630. The van der Waals surface area contributed by atoms with E-state index in [1.54, 1.807) is 36.4 Å². The molecule has 0 radical (unpaired) electrons. The van der Waals surface area contributed by atoms with E-state index in [-0.39, 0.29) is 42.7 Å². The van der Waals surface area contributed by atoms with E-state index >= 15 is 0 Å². The SMILES string of the molecule is CC(C)C[C@H]1C(=O)N(C)CC(=O)N[C@H](Cc2ccccc2)COc2ccccc2C(=O)N[C@H](C(=O)NCCc2ccc(F)cc2)CC(=O)N1C. The molecule has 0 fully saturated rings. The zero-order chi connectivity index (χ0) is 36.2. The van der Waals surface area contributed by atoms with Gasteiger partial charge in [-0.25, -0.2) is 4.39 Å². The van der Waals surface area contributed by atoms with Gasteiger partial charge in [-0.1, -0.05) is 68.4 Å². The number of benzene rings is 3. The summed E-state index contributed by atoms with van der Waals surface area (Å²) in [5, 5.41) is 8.47. The highest BCUT2D eigenvalue weighted by Gasteiger charge is 2.34. The maximum atomic E-state index is 13.8. The minimum Gasteiger partial charge on any atom is -0.491 e. The van der Waals surface area contributed by atoms with Crippen molar-refractivity contribution in [1.29, 1.82) is 0 Å². The largest absolute Gasteiger partial charge is 0.491 e. The molecule has 3 atom stereocenters. The van der Waals surface area contributed by atoms with Gasteiger partial charge in [-0.15, -0.1) is 0 Å². The van der Waals surface area contributed by atoms with E-state index in [0.717, 1.165) is 11.1 Å². The maximum absolute atomic E-state index is 13.8. The molecule has 4 rings (SSSR count). The lowest BCUT2D eigenvalue weighted by Crippen LogP contribution is -2.54. The van der Waals surface area contributed by atoms with Crippen LogP contribution in [0.1, 0.15) is 48.2 Å². The summed E-state index contributed by atoms with van der Waals surface area (Å²) in [6, 6.07) is 19.2. The number of likely N-dealkylation sites (N-methyl/N-ethyl adjacent to an activating group) is 2. The molecule has 0 aromatic heterocycles. The van der Waals surface area contributed by atoms with E-state index in [2.05, 4.69) is 16.0 Å². The molecule has 1 aliphatic heterocycles. The maximum Gasteiger partial charge on any atom is 0.255 e. The van der Waals surface area contributed by atoms with Gasteiger partial charge in [-0.3, -0.25) is 24.0 Å². The highest BCUT2D eigenvalue weighted by atomic mass is 19.1. The van der Waals surface area contributed by atoms with E-state index in [4.69, 9.17) is 4.74 Å². The van der Waals surface area contributed by atoms with Crippen LogP contribution >= 0.6 is 0 Å². The average molecular weight is 688 g/mol. The number of para-hydroxylation sites is 1. The third-order valence-electron chi connectivity index (χ3n) is 8.49. The number of fused-ring (bicyclic) bond motifs is 1. The number of carbonyl (C=O) groups is 5. The highest BCUT2D eigenvalue weighted by Crippen LogP contribution is 2.20. The summed E-state index contributed by atoms with van der Waals surface area (Å²) in [6.07, 6.45) is 0.696. The lowest BCUT2D eigenvalue weighted by Gasteiger charge is -2.32. The third kappa shape index (κ3) is 10.9. The minimum absolute atomic E-state index is 0.00703. The van der Waals surface area contributed by atoms with Crippen LogP contribution in [0.3, 0.4) is 0 Å². The van der Waals surface area contributed by atoms with Crippen LogP contribution in [-0.4, -0.2) is 91.3 Å². The number of hydrogen-bond donors (Lipinski definition) is 3. The van der Waals surface area contributed by atoms with Crippen molar-refractivity contribution in [2.75, 3.05) is 33.8 Å². The Morgan fingerprint density at radius 1 is 0.920 bits per heavy atom. The van der Waals surface area contributed by atoms with Gasteiger partial charge < -0.3 is 30.5 Å². The molecule has 266 valence electrons. The molecule has 0 spiro atoms. The third-order valence-corrected chi connectivity index (χ3v) is 8.49. The number of rotatable bonds is 8. The number of carbonyl (C=O) groups excluding carboxylic acids is 5. The van der Waals surface area contributed by atoms with E-state index in [0.29, 0.717) is 19.3 Å². The summed E-state index contributed by atoms with van der Waals surface area (Å²) in [4.78, 5) is 70.7. The first-order chi connectivity index (χ1) is 23.9. The monoisotopic (exact) mass is 687 g/mol. The molecule has 11 nitrogen and oxygen atoms in total.